The maximum atomic E-state index is 2.56. The van der Waals surface area contributed by atoms with Crippen molar-refractivity contribution in [2.45, 2.75) is 0 Å². The number of pyridine rings is 1. The predicted octanol–water partition coefficient (Wildman–Crippen LogP) is 1.58. The molecule has 0 saturated heterocycles. The van der Waals surface area contributed by atoms with E-state index in [9.17, 15) is 0 Å². The van der Waals surface area contributed by atoms with Gasteiger partial charge in [0.25, 0.3) is 0 Å². The summed E-state index contributed by atoms with van der Waals surface area (Å²) in [6.07, 6.45) is 2.28. The molecule has 4 aromatic rings. The third-order valence-corrected chi connectivity index (χ3v) is 8.56. The molecule has 1 aromatic heterocycles. The zero-order valence-electron chi connectivity index (χ0n) is 13.2. The Balaban J connectivity index is 1.91. The summed E-state index contributed by atoms with van der Waals surface area (Å²) in [6, 6.07) is 33.2. The first kappa shape index (κ1) is 14.0. The number of para-hydroxylation sites is 1. The van der Waals surface area contributed by atoms with E-state index in [2.05, 4.69) is 102 Å². The number of benzene rings is 3. The molecule has 2 heterocycles. The standard InChI is InChI=1S/C21H16BNSe/c1-3-11-18(12-4-1)22(19-13-5-2-6-14-19)23-16-8-10-17-9-7-15-20(24-22)21(17)23/h1-16H. The van der Waals surface area contributed by atoms with Crippen molar-refractivity contribution >= 4 is 46.2 Å². The van der Waals surface area contributed by atoms with Crippen LogP contribution in [0.4, 0.5) is 0 Å². The average Bonchev–Trinajstić information content (AvgIpc) is 3.01. The predicted molar refractivity (Wildman–Crippen MR) is 103 cm³/mol. The zero-order valence-corrected chi connectivity index (χ0v) is 14.9. The summed E-state index contributed by atoms with van der Waals surface area (Å²) in [6.45, 7) is 0. The fourth-order valence-corrected chi connectivity index (χ4v) is 7.62. The average molecular weight is 372 g/mol. The molecule has 1 nitrogen and oxygen atoms in total. The van der Waals surface area contributed by atoms with Crippen molar-refractivity contribution in [3.63, 3.8) is 0 Å². The molecule has 0 saturated carbocycles. The fraction of sp³-hybridized carbons (Fsp3) is 0. The van der Waals surface area contributed by atoms with Gasteiger partial charge in [-0.3, -0.25) is 0 Å². The molecule has 1 aliphatic heterocycles. The molecule has 0 spiro atoms. The van der Waals surface area contributed by atoms with Crippen molar-refractivity contribution in [3.05, 3.63) is 97.2 Å². The van der Waals surface area contributed by atoms with Gasteiger partial charge in [0.1, 0.15) is 0 Å². The third-order valence-electron chi connectivity index (χ3n) is 5.00. The van der Waals surface area contributed by atoms with Gasteiger partial charge in [0, 0.05) is 0 Å². The molecule has 5 rings (SSSR count). The van der Waals surface area contributed by atoms with E-state index in [4.69, 9.17) is 0 Å². The van der Waals surface area contributed by atoms with E-state index in [0.29, 0.717) is 14.8 Å². The summed E-state index contributed by atoms with van der Waals surface area (Å²) >= 11 is 0.344. The summed E-state index contributed by atoms with van der Waals surface area (Å²) in [7, 11) is 0. The van der Waals surface area contributed by atoms with Crippen LogP contribution in [0.15, 0.2) is 97.2 Å². The molecule has 0 bridgehead atoms. The van der Waals surface area contributed by atoms with Crippen LogP contribution in [0.1, 0.15) is 0 Å². The molecule has 0 unspecified atom stereocenters. The van der Waals surface area contributed by atoms with Crippen molar-refractivity contribution in [1.29, 1.82) is 0 Å². The molecule has 0 radical (unpaired) electrons. The molecular formula is C21H16BNSe. The van der Waals surface area contributed by atoms with E-state index in [1.807, 2.05) is 0 Å². The molecule has 3 aromatic carbocycles. The number of hydrogen-bond donors (Lipinski definition) is 0. The van der Waals surface area contributed by atoms with Gasteiger partial charge in [-0.15, -0.1) is 0 Å². The quantitative estimate of drug-likeness (QED) is 0.471. The molecule has 24 heavy (non-hydrogen) atoms. The van der Waals surface area contributed by atoms with Crippen LogP contribution in [-0.2, 0) is 0 Å². The van der Waals surface area contributed by atoms with Crippen LogP contribution in [0.3, 0.4) is 0 Å². The Morgan fingerprint density at radius 1 is 0.625 bits per heavy atom. The molecule has 0 fully saturated rings. The number of aromatic nitrogens is 1. The van der Waals surface area contributed by atoms with E-state index < -0.39 is 5.09 Å². The van der Waals surface area contributed by atoms with Gasteiger partial charge in [0.05, 0.1) is 0 Å². The van der Waals surface area contributed by atoms with Gasteiger partial charge in [0.15, 0.2) is 0 Å². The minimum atomic E-state index is -0.966. The van der Waals surface area contributed by atoms with Crippen LogP contribution in [0.25, 0.3) is 10.9 Å². The van der Waals surface area contributed by atoms with Crippen LogP contribution in [0.5, 0.6) is 0 Å². The molecule has 0 aliphatic carbocycles. The summed E-state index contributed by atoms with van der Waals surface area (Å²) in [5, 5.41) is 0.374. The van der Waals surface area contributed by atoms with Crippen molar-refractivity contribution in [3.8, 4) is 0 Å². The summed E-state index contributed by atoms with van der Waals surface area (Å²) in [5.74, 6) is 0. The first-order valence-electron chi connectivity index (χ1n) is 8.28. The van der Waals surface area contributed by atoms with Crippen LogP contribution in [0, 0.1) is 0 Å². The Morgan fingerprint density at radius 2 is 1.25 bits per heavy atom. The van der Waals surface area contributed by atoms with Gasteiger partial charge in [-0.25, -0.2) is 0 Å². The van der Waals surface area contributed by atoms with Crippen LogP contribution >= 0.6 is 0 Å². The second-order valence-electron chi connectivity index (χ2n) is 6.29. The van der Waals surface area contributed by atoms with Crippen molar-refractivity contribution < 1.29 is 4.48 Å². The van der Waals surface area contributed by atoms with Crippen molar-refractivity contribution in [1.82, 2.24) is 0 Å². The number of rotatable bonds is 2. The van der Waals surface area contributed by atoms with Gasteiger partial charge < -0.3 is 0 Å². The first-order chi connectivity index (χ1) is 11.9. The second-order valence-corrected chi connectivity index (χ2v) is 9.14. The minimum absolute atomic E-state index is 0.344. The molecule has 0 N–H and O–H groups in total. The molecule has 1 aliphatic rings. The van der Waals surface area contributed by atoms with Crippen molar-refractivity contribution in [2.75, 3.05) is 0 Å². The Hall–Kier alpha value is -2.35. The zero-order chi connectivity index (χ0) is 16.0. The number of hydrogen-bond acceptors (Lipinski definition) is 0. The molecule has 114 valence electrons. The first-order valence-corrected chi connectivity index (χ1v) is 10.1. The summed E-state index contributed by atoms with van der Waals surface area (Å²) in [5.41, 5.74) is 4.27. The van der Waals surface area contributed by atoms with E-state index in [1.165, 1.54) is 26.3 Å². The summed E-state index contributed by atoms with van der Waals surface area (Å²) in [4.78, 5) is 0. The van der Waals surface area contributed by atoms with E-state index in [1.54, 1.807) is 0 Å². The monoisotopic (exact) mass is 373 g/mol. The van der Waals surface area contributed by atoms with E-state index >= 15 is 0 Å². The van der Waals surface area contributed by atoms with Crippen molar-refractivity contribution in [2.24, 2.45) is 0 Å². The molecular weight excluding hydrogens is 356 g/mol. The molecule has 3 heteroatoms. The Labute approximate surface area is 147 Å². The third kappa shape index (κ3) is 1.86. The second kappa shape index (κ2) is 5.34. The van der Waals surface area contributed by atoms with Gasteiger partial charge in [-0.1, -0.05) is 0 Å². The van der Waals surface area contributed by atoms with Gasteiger partial charge in [0.2, 0.25) is 0 Å². The van der Waals surface area contributed by atoms with Gasteiger partial charge >= 0.3 is 148 Å². The van der Waals surface area contributed by atoms with Crippen LogP contribution in [0.2, 0.25) is 0 Å². The van der Waals surface area contributed by atoms with E-state index in [0.717, 1.165) is 0 Å². The molecule has 0 amide bonds. The van der Waals surface area contributed by atoms with Gasteiger partial charge in [-0.2, -0.15) is 0 Å². The van der Waals surface area contributed by atoms with Gasteiger partial charge in [-0.05, 0) is 0 Å². The Morgan fingerprint density at radius 3 is 1.92 bits per heavy atom. The summed E-state index contributed by atoms with van der Waals surface area (Å²) < 4.78 is 4.07. The van der Waals surface area contributed by atoms with Crippen LogP contribution in [-0.4, -0.2) is 19.9 Å². The number of nitrogens with zero attached hydrogens (tertiary/aromatic N) is 1. The normalized spacial score (nSPS) is 14.8. The topological polar surface area (TPSA) is 3.88 Å². The SMILES string of the molecule is c1ccc([B-]2(c3ccccc3)[Se]c3cccc4ccc[n+]2c34)cc1. The fourth-order valence-electron chi connectivity index (χ4n) is 3.98. The van der Waals surface area contributed by atoms with E-state index in [-0.39, 0.29) is 0 Å². The van der Waals surface area contributed by atoms with Crippen LogP contribution < -0.4 is 19.9 Å². The Kier molecular flexibility index (Phi) is 3.12. The Bertz CT molecular complexity index is 987. The maximum absolute atomic E-state index is 2.56. The molecule has 0 atom stereocenters.